The normalized spacial score (nSPS) is 25.1. The van der Waals surface area contributed by atoms with Crippen molar-refractivity contribution in [3.05, 3.63) is 34.3 Å². The summed E-state index contributed by atoms with van der Waals surface area (Å²) < 4.78 is 7.09. The number of halogens is 1. The third-order valence-electron chi connectivity index (χ3n) is 3.01. The third-order valence-corrected chi connectivity index (χ3v) is 3.73. The Morgan fingerprint density at radius 2 is 2.07 bits per heavy atom. The average Bonchev–Trinajstić information content (AvgIpc) is 2.19. The molecule has 0 saturated carbocycles. The Morgan fingerprint density at radius 3 is 2.67 bits per heavy atom. The van der Waals surface area contributed by atoms with E-state index >= 15 is 0 Å². The molecule has 1 heterocycles. The number of ether oxygens (including phenoxy) is 1. The Hall–Kier alpha value is -0.340. The molecule has 0 amide bonds. The predicted molar refractivity (Wildman–Crippen MR) is 65.9 cm³/mol. The second-order valence-electron chi connectivity index (χ2n) is 5.02. The highest BCUT2D eigenvalue weighted by atomic mass is 79.9. The SMILES string of the molecule is CC1(C)CCC(c2ccccc2Br)OC1. The Morgan fingerprint density at radius 1 is 1.33 bits per heavy atom. The van der Waals surface area contributed by atoms with Gasteiger partial charge in [-0.25, -0.2) is 0 Å². The molecule has 1 aromatic carbocycles. The van der Waals surface area contributed by atoms with Gasteiger partial charge in [-0.3, -0.25) is 0 Å². The molecule has 1 aliphatic rings. The molecule has 0 aromatic heterocycles. The van der Waals surface area contributed by atoms with Crippen LogP contribution in [-0.4, -0.2) is 6.61 Å². The van der Waals surface area contributed by atoms with Gasteiger partial charge in [0, 0.05) is 4.47 Å². The van der Waals surface area contributed by atoms with Gasteiger partial charge >= 0.3 is 0 Å². The lowest BCUT2D eigenvalue weighted by atomic mass is 9.84. The second-order valence-corrected chi connectivity index (χ2v) is 5.88. The van der Waals surface area contributed by atoms with Gasteiger partial charge in [0.15, 0.2) is 0 Å². The summed E-state index contributed by atoms with van der Waals surface area (Å²) >= 11 is 3.58. The van der Waals surface area contributed by atoms with Crippen molar-refractivity contribution in [1.82, 2.24) is 0 Å². The van der Waals surface area contributed by atoms with Crippen molar-refractivity contribution in [2.24, 2.45) is 5.41 Å². The summed E-state index contributed by atoms with van der Waals surface area (Å²) in [7, 11) is 0. The molecule has 2 rings (SSSR count). The lowest BCUT2D eigenvalue weighted by molar-refractivity contribution is -0.0501. The lowest BCUT2D eigenvalue weighted by Gasteiger charge is -2.35. The molecule has 1 fully saturated rings. The summed E-state index contributed by atoms with van der Waals surface area (Å²) in [6, 6.07) is 8.34. The monoisotopic (exact) mass is 268 g/mol. The van der Waals surface area contributed by atoms with Crippen LogP contribution in [0.2, 0.25) is 0 Å². The van der Waals surface area contributed by atoms with Crippen molar-refractivity contribution in [2.75, 3.05) is 6.61 Å². The van der Waals surface area contributed by atoms with E-state index in [1.165, 1.54) is 12.0 Å². The van der Waals surface area contributed by atoms with E-state index in [4.69, 9.17) is 4.74 Å². The zero-order valence-electron chi connectivity index (χ0n) is 9.29. The summed E-state index contributed by atoms with van der Waals surface area (Å²) in [5.41, 5.74) is 1.63. The topological polar surface area (TPSA) is 9.23 Å². The molecule has 1 aromatic rings. The van der Waals surface area contributed by atoms with E-state index in [0.29, 0.717) is 5.41 Å². The van der Waals surface area contributed by atoms with Crippen LogP contribution in [0.25, 0.3) is 0 Å². The molecule has 0 N–H and O–H groups in total. The van der Waals surface area contributed by atoms with E-state index < -0.39 is 0 Å². The van der Waals surface area contributed by atoms with Crippen LogP contribution in [0.3, 0.4) is 0 Å². The van der Waals surface area contributed by atoms with Gasteiger partial charge < -0.3 is 4.74 Å². The fourth-order valence-corrected chi connectivity index (χ4v) is 2.53. The predicted octanol–water partition coefficient (Wildman–Crippen LogP) is 4.33. The van der Waals surface area contributed by atoms with Crippen molar-refractivity contribution < 1.29 is 4.74 Å². The van der Waals surface area contributed by atoms with E-state index in [-0.39, 0.29) is 6.10 Å². The molecule has 1 atom stereocenters. The fourth-order valence-electron chi connectivity index (χ4n) is 1.99. The van der Waals surface area contributed by atoms with Gasteiger partial charge in [0.2, 0.25) is 0 Å². The first-order valence-corrected chi connectivity index (χ1v) is 6.24. The van der Waals surface area contributed by atoms with Crippen molar-refractivity contribution in [3.8, 4) is 0 Å². The maximum absolute atomic E-state index is 5.93. The van der Waals surface area contributed by atoms with Crippen LogP contribution in [0.1, 0.15) is 38.4 Å². The first-order valence-electron chi connectivity index (χ1n) is 5.44. The maximum Gasteiger partial charge on any atom is 0.0836 e. The quantitative estimate of drug-likeness (QED) is 0.737. The molecule has 1 nitrogen and oxygen atoms in total. The minimum Gasteiger partial charge on any atom is -0.373 e. The zero-order valence-corrected chi connectivity index (χ0v) is 10.9. The highest BCUT2D eigenvalue weighted by Gasteiger charge is 2.28. The highest BCUT2D eigenvalue weighted by Crippen LogP contribution is 2.38. The number of hydrogen-bond donors (Lipinski definition) is 0. The van der Waals surface area contributed by atoms with Gasteiger partial charge in [-0.15, -0.1) is 0 Å². The van der Waals surface area contributed by atoms with Gasteiger partial charge in [-0.1, -0.05) is 48.0 Å². The first kappa shape index (κ1) is 11.2. The van der Waals surface area contributed by atoms with Crippen molar-refractivity contribution in [1.29, 1.82) is 0 Å². The molecule has 1 aliphatic heterocycles. The van der Waals surface area contributed by atoms with E-state index in [1.54, 1.807) is 0 Å². The van der Waals surface area contributed by atoms with E-state index in [1.807, 2.05) is 6.07 Å². The summed E-state index contributed by atoms with van der Waals surface area (Å²) in [4.78, 5) is 0. The zero-order chi connectivity index (χ0) is 10.9. The Labute approximate surface area is 100.0 Å². The Balaban J connectivity index is 2.11. The number of rotatable bonds is 1. The molecule has 0 spiro atoms. The van der Waals surface area contributed by atoms with Gasteiger partial charge in [-0.05, 0) is 29.9 Å². The summed E-state index contributed by atoms with van der Waals surface area (Å²) in [6.07, 6.45) is 2.63. The van der Waals surface area contributed by atoms with Crippen molar-refractivity contribution >= 4 is 15.9 Å². The molecule has 2 heteroatoms. The number of hydrogen-bond acceptors (Lipinski definition) is 1. The molecular formula is C13H17BrO. The summed E-state index contributed by atoms with van der Waals surface area (Å²) in [5, 5.41) is 0. The van der Waals surface area contributed by atoms with Crippen molar-refractivity contribution in [2.45, 2.75) is 32.8 Å². The van der Waals surface area contributed by atoms with E-state index in [2.05, 4.69) is 48.0 Å². The minimum atomic E-state index is 0.272. The van der Waals surface area contributed by atoms with Crippen LogP contribution in [0.4, 0.5) is 0 Å². The summed E-state index contributed by atoms with van der Waals surface area (Å²) in [5.74, 6) is 0. The van der Waals surface area contributed by atoms with Crippen LogP contribution >= 0.6 is 15.9 Å². The molecule has 1 unspecified atom stereocenters. The molecule has 1 saturated heterocycles. The van der Waals surface area contributed by atoms with Crippen LogP contribution in [-0.2, 0) is 4.74 Å². The molecule has 0 radical (unpaired) electrons. The number of benzene rings is 1. The average molecular weight is 269 g/mol. The van der Waals surface area contributed by atoms with Crippen molar-refractivity contribution in [3.63, 3.8) is 0 Å². The molecule has 15 heavy (non-hydrogen) atoms. The molecular weight excluding hydrogens is 252 g/mol. The fraction of sp³-hybridized carbons (Fsp3) is 0.538. The maximum atomic E-state index is 5.93. The molecule has 0 bridgehead atoms. The Kier molecular flexibility index (Phi) is 3.17. The van der Waals surface area contributed by atoms with Crippen LogP contribution in [0, 0.1) is 5.41 Å². The van der Waals surface area contributed by atoms with E-state index in [0.717, 1.165) is 17.5 Å². The van der Waals surface area contributed by atoms with Gasteiger partial charge in [0.1, 0.15) is 0 Å². The highest BCUT2D eigenvalue weighted by molar-refractivity contribution is 9.10. The van der Waals surface area contributed by atoms with Crippen LogP contribution < -0.4 is 0 Å². The van der Waals surface area contributed by atoms with Gasteiger partial charge in [0.05, 0.1) is 12.7 Å². The van der Waals surface area contributed by atoms with Crippen LogP contribution in [0.5, 0.6) is 0 Å². The van der Waals surface area contributed by atoms with E-state index in [9.17, 15) is 0 Å². The Bertz CT molecular complexity index is 336. The molecule has 82 valence electrons. The molecule has 0 aliphatic carbocycles. The summed E-state index contributed by atoms with van der Waals surface area (Å²) in [6.45, 7) is 5.39. The second kappa shape index (κ2) is 4.26. The van der Waals surface area contributed by atoms with Gasteiger partial charge in [-0.2, -0.15) is 0 Å². The lowest BCUT2D eigenvalue weighted by Crippen LogP contribution is -2.27. The third kappa shape index (κ3) is 2.61. The minimum absolute atomic E-state index is 0.272. The largest absolute Gasteiger partial charge is 0.373 e. The standard InChI is InChI=1S/C13H17BrO/c1-13(2)8-7-12(15-9-13)10-5-3-4-6-11(10)14/h3-6,12H,7-9H2,1-2H3. The van der Waals surface area contributed by atoms with Gasteiger partial charge in [0.25, 0.3) is 0 Å². The smallest absolute Gasteiger partial charge is 0.0836 e. The van der Waals surface area contributed by atoms with Crippen LogP contribution in [0.15, 0.2) is 28.7 Å². The first-order chi connectivity index (χ1) is 7.08.